The molecule has 0 unspecified atom stereocenters. The van der Waals surface area contributed by atoms with Gasteiger partial charge in [0.15, 0.2) is 11.5 Å². The highest BCUT2D eigenvalue weighted by atomic mass is 35.5. The summed E-state index contributed by atoms with van der Waals surface area (Å²) in [4.78, 5) is 37.0. The molecule has 1 fully saturated rings. The molecule has 5 rings (SSSR count). The molecule has 0 atom stereocenters. The van der Waals surface area contributed by atoms with Gasteiger partial charge in [0.05, 0.1) is 21.4 Å². The summed E-state index contributed by atoms with van der Waals surface area (Å²) in [7, 11) is 0. The molecule has 0 saturated carbocycles. The number of rotatable bonds is 5. The molecule has 0 aliphatic carbocycles. The topological polar surface area (TPSA) is 112 Å². The van der Waals surface area contributed by atoms with E-state index in [0.29, 0.717) is 39.2 Å². The minimum Gasteiger partial charge on any atom is -0.457 e. The van der Waals surface area contributed by atoms with E-state index >= 15 is 0 Å². The fourth-order valence-electron chi connectivity index (χ4n) is 3.41. The maximum Gasteiger partial charge on any atom is 0.293 e. The molecule has 3 aromatic rings. The summed E-state index contributed by atoms with van der Waals surface area (Å²) >= 11 is 13.2. The lowest BCUT2D eigenvalue weighted by Crippen LogP contribution is -2.27. The molecule has 2 amide bonds. The molecule has 172 valence electrons. The Labute approximate surface area is 206 Å². The second kappa shape index (κ2) is 8.71. The van der Waals surface area contributed by atoms with Gasteiger partial charge in [0.1, 0.15) is 11.5 Å². The maximum absolute atomic E-state index is 12.9. The largest absolute Gasteiger partial charge is 0.457 e. The highest BCUT2D eigenvalue weighted by Crippen LogP contribution is 2.40. The summed E-state index contributed by atoms with van der Waals surface area (Å²) in [6.07, 6.45) is 1.45. The average molecular weight is 519 g/mol. The Morgan fingerprint density at radius 3 is 2.56 bits per heavy atom. The monoisotopic (exact) mass is 518 g/mol. The summed E-state index contributed by atoms with van der Waals surface area (Å²) in [6.45, 7) is 0.0505. The van der Waals surface area contributed by atoms with Crippen LogP contribution < -0.4 is 9.47 Å². The number of ether oxygens (including phenoxy) is 2. The first-order chi connectivity index (χ1) is 16.3. The Bertz CT molecular complexity index is 1400. The molecule has 2 aliphatic rings. The molecule has 0 radical (unpaired) electrons. The van der Waals surface area contributed by atoms with Crippen LogP contribution >= 0.6 is 35.0 Å². The zero-order chi connectivity index (χ0) is 24.0. The van der Waals surface area contributed by atoms with Crippen LogP contribution in [0.3, 0.4) is 0 Å². The SMILES string of the molecule is O=C1S/C(=C\c2ccc(-c3ccc([N+](=O)[O-])cc3Cl)o2)C(=O)N1Cc1cc2c(cc1Cl)OCO2. The Balaban J connectivity index is 1.36. The van der Waals surface area contributed by atoms with E-state index in [1.807, 2.05) is 0 Å². The number of halogens is 2. The molecular formula is C22H12Cl2N2O7S. The minimum atomic E-state index is -0.546. The molecule has 0 spiro atoms. The number of fused-ring (bicyclic) bond motifs is 1. The van der Waals surface area contributed by atoms with Crippen LogP contribution in [-0.2, 0) is 11.3 Å². The van der Waals surface area contributed by atoms with E-state index in [2.05, 4.69) is 0 Å². The number of nitro groups is 1. The zero-order valence-electron chi connectivity index (χ0n) is 16.9. The quantitative estimate of drug-likeness (QED) is 0.225. The smallest absolute Gasteiger partial charge is 0.293 e. The highest BCUT2D eigenvalue weighted by Gasteiger charge is 2.36. The van der Waals surface area contributed by atoms with Crippen molar-refractivity contribution >= 4 is 57.9 Å². The number of amides is 2. The fourth-order valence-corrected chi connectivity index (χ4v) is 4.71. The lowest BCUT2D eigenvalue weighted by molar-refractivity contribution is -0.384. The first-order valence-electron chi connectivity index (χ1n) is 9.67. The van der Waals surface area contributed by atoms with Crippen molar-refractivity contribution in [2.75, 3.05) is 6.79 Å². The van der Waals surface area contributed by atoms with Crippen molar-refractivity contribution in [3.63, 3.8) is 0 Å². The van der Waals surface area contributed by atoms with E-state index in [1.165, 1.54) is 24.3 Å². The highest BCUT2D eigenvalue weighted by molar-refractivity contribution is 8.18. The van der Waals surface area contributed by atoms with Crippen LogP contribution in [0.25, 0.3) is 17.4 Å². The van der Waals surface area contributed by atoms with E-state index in [4.69, 9.17) is 37.1 Å². The van der Waals surface area contributed by atoms with Gasteiger partial charge in [-0.25, -0.2) is 0 Å². The van der Waals surface area contributed by atoms with Crippen LogP contribution in [0.4, 0.5) is 10.5 Å². The Morgan fingerprint density at radius 2 is 1.82 bits per heavy atom. The van der Waals surface area contributed by atoms with E-state index in [-0.39, 0.29) is 29.0 Å². The van der Waals surface area contributed by atoms with Gasteiger partial charge in [0, 0.05) is 34.9 Å². The van der Waals surface area contributed by atoms with Crippen LogP contribution in [0.5, 0.6) is 11.5 Å². The molecule has 2 aromatic carbocycles. The van der Waals surface area contributed by atoms with Gasteiger partial charge in [-0.15, -0.1) is 0 Å². The maximum atomic E-state index is 12.9. The third-order valence-corrected chi connectivity index (χ3v) is 6.64. The minimum absolute atomic E-state index is 0.0285. The van der Waals surface area contributed by atoms with Gasteiger partial charge >= 0.3 is 0 Å². The van der Waals surface area contributed by atoms with Crippen LogP contribution in [0.1, 0.15) is 11.3 Å². The summed E-state index contributed by atoms with van der Waals surface area (Å²) in [6, 6.07) is 10.5. The standard InChI is InChI=1S/C22H12Cl2N2O7S/c23-15-8-19-18(31-10-32-19)5-11(15)9-25-21(27)20(34-22(25)28)7-13-2-4-17(33-13)14-3-1-12(26(29)30)6-16(14)24/h1-8H,9-10H2/b20-7-. The van der Waals surface area contributed by atoms with Gasteiger partial charge in [0.2, 0.25) is 6.79 Å². The van der Waals surface area contributed by atoms with E-state index in [1.54, 1.807) is 24.3 Å². The second-order valence-electron chi connectivity index (χ2n) is 7.19. The number of thioether (sulfide) groups is 1. The predicted molar refractivity (Wildman–Crippen MR) is 125 cm³/mol. The van der Waals surface area contributed by atoms with Gasteiger partial charge in [-0.2, -0.15) is 0 Å². The first-order valence-corrected chi connectivity index (χ1v) is 11.2. The Hall–Kier alpha value is -3.47. The predicted octanol–water partition coefficient (Wildman–Crippen LogP) is 6.13. The van der Waals surface area contributed by atoms with Crippen molar-refractivity contribution in [1.29, 1.82) is 0 Å². The van der Waals surface area contributed by atoms with Crippen LogP contribution in [-0.4, -0.2) is 27.8 Å². The number of carbonyl (C=O) groups is 2. The lowest BCUT2D eigenvalue weighted by atomic mass is 10.1. The van der Waals surface area contributed by atoms with Crippen LogP contribution in [0.2, 0.25) is 10.0 Å². The fraction of sp³-hybridized carbons (Fsp3) is 0.0909. The molecule has 12 heteroatoms. The number of benzene rings is 2. The second-order valence-corrected chi connectivity index (χ2v) is 9.00. The van der Waals surface area contributed by atoms with E-state index in [0.717, 1.165) is 16.7 Å². The number of hydrogen-bond acceptors (Lipinski definition) is 8. The number of furan rings is 1. The number of nitro benzene ring substituents is 1. The molecule has 1 aromatic heterocycles. The van der Waals surface area contributed by atoms with Gasteiger partial charge in [-0.1, -0.05) is 23.2 Å². The molecule has 1 saturated heterocycles. The number of hydrogen-bond donors (Lipinski definition) is 0. The summed E-state index contributed by atoms with van der Waals surface area (Å²) < 4.78 is 16.4. The van der Waals surface area contributed by atoms with Gasteiger partial charge < -0.3 is 13.9 Å². The van der Waals surface area contributed by atoms with E-state index in [9.17, 15) is 19.7 Å². The Kier molecular flexibility index (Phi) is 5.72. The zero-order valence-corrected chi connectivity index (χ0v) is 19.3. The van der Waals surface area contributed by atoms with Crippen molar-refractivity contribution < 1.29 is 28.4 Å². The van der Waals surface area contributed by atoms with Gasteiger partial charge in [-0.05, 0) is 41.6 Å². The van der Waals surface area contributed by atoms with Crippen molar-refractivity contribution in [3.05, 3.63) is 78.9 Å². The van der Waals surface area contributed by atoms with Gasteiger partial charge in [-0.3, -0.25) is 24.6 Å². The van der Waals surface area contributed by atoms with E-state index < -0.39 is 16.1 Å². The number of imide groups is 1. The average Bonchev–Trinajstić information content (AvgIpc) is 3.50. The first kappa shape index (κ1) is 22.3. The van der Waals surface area contributed by atoms with Gasteiger partial charge in [0.25, 0.3) is 16.8 Å². The van der Waals surface area contributed by atoms with Crippen molar-refractivity contribution in [3.8, 4) is 22.8 Å². The summed E-state index contributed by atoms with van der Waals surface area (Å²) in [5, 5.41) is 10.9. The molecular weight excluding hydrogens is 507 g/mol. The molecule has 3 heterocycles. The van der Waals surface area contributed by atoms with Crippen LogP contribution in [0, 0.1) is 10.1 Å². The normalized spacial score (nSPS) is 16.1. The molecule has 9 nitrogen and oxygen atoms in total. The number of non-ortho nitro benzene ring substituents is 1. The van der Waals surface area contributed by atoms with Crippen molar-refractivity contribution in [2.24, 2.45) is 0 Å². The number of carbonyl (C=O) groups excluding carboxylic acids is 2. The molecule has 0 bridgehead atoms. The third kappa shape index (κ3) is 4.11. The number of nitrogens with zero attached hydrogens (tertiary/aromatic N) is 2. The Morgan fingerprint density at radius 1 is 1.06 bits per heavy atom. The summed E-state index contributed by atoms with van der Waals surface area (Å²) in [5.41, 5.74) is 0.858. The van der Waals surface area contributed by atoms with Crippen LogP contribution in [0.15, 0.2) is 51.8 Å². The van der Waals surface area contributed by atoms with Crippen molar-refractivity contribution in [1.82, 2.24) is 4.90 Å². The molecule has 0 N–H and O–H groups in total. The summed E-state index contributed by atoms with van der Waals surface area (Å²) in [5.74, 6) is 1.18. The van der Waals surface area contributed by atoms with Crippen molar-refractivity contribution in [2.45, 2.75) is 6.54 Å². The third-order valence-electron chi connectivity index (χ3n) is 5.07. The molecule has 34 heavy (non-hydrogen) atoms. The lowest BCUT2D eigenvalue weighted by Gasteiger charge is -2.14. The molecule has 2 aliphatic heterocycles.